The molecule has 1 amide bonds. The monoisotopic (exact) mass is 430 g/mol. The highest BCUT2D eigenvalue weighted by atomic mass is 127. The van der Waals surface area contributed by atoms with Crippen LogP contribution in [0.5, 0.6) is 0 Å². The van der Waals surface area contributed by atoms with Gasteiger partial charge in [-0.15, -0.1) is 24.0 Å². The average molecular weight is 430 g/mol. The zero-order chi connectivity index (χ0) is 15.9. The van der Waals surface area contributed by atoms with Crippen LogP contribution < -0.4 is 15.5 Å². The van der Waals surface area contributed by atoms with Crippen LogP contribution >= 0.6 is 24.0 Å². The van der Waals surface area contributed by atoms with E-state index in [2.05, 4.69) is 29.5 Å². The summed E-state index contributed by atoms with van der Waals surface area (Å²) >= 11 is 0. The Bertz CT molecular complexity index is 519. The molecular formula is C17H27IN4O. The number of anilines is 1. The van der Waals surface area contributed by atoms with Gasteiger partial charge in [0.05, 0.1) is 6.04 Å². The van der Waals surface area contributed by atoms with Crippen LogP contribution in [0.2, 0.25) is 0 Å². The summed E-state index contributed by atoms with van der Waals surface area (Å²) in [5, 5.41) is 6.62. The Morgan fingerprint density at radius 1 is 1.35 bits per heavy atom. The predicted molar refractivity (Wildman–Crippen MR) is 107 cm³/mol. The van der Waals surface area contributed by atoms with Gasteiger partial charge in [0.15, 0.2) is 5.96 Å². The van der Waals surface area contributed by atoms with Gasteiger partial charge in [-0.1, -0.05) is 32.0 Å². The molecule has 1 atom stereocenters. The number of rotatable bonds is 5. The number of hydrogen-bond acceptors (Lipinski definition) is 2. The summed E-state index contributed by atoms with van der Waals surface area (Å²) < 4.78 is 0. The molecule has 0 spiro atoms. The molecule has 1 fully saturated rings. The van der Waals surface area contributed by atoms with Crippen molar-refractivity contribution in [2.24, 2.45) is 10.9 Å². The standard InChI is InChI=1S/C17H26N4O.HI/c1-4-18-17(19-11-13(2)3)20-14-10-16(22)21(12-14)15-8-6-5-7-9-15;/h5-9,13-14H,4,10-12H2,1-3H3,(H2,18,19,20);1H. The summed E-state index contributed by atoms with van der Waals surface area (Å²) in [5.41, 5.74) is 0.959. The van der Waals surface area contributed by atoms with E-state index >= 15 is 0 Å². The van der Waals surface area contributed by atoms with Crippen molar-refractivity contribution >= 4 is 41.5 Å². The van der Waals surface area contributed by atoms with Gasteiger partial charge in [0.2, 0.25) is 5.91 Å². The van der Waals surface area contributed by atoms with Gasteiger partial charge < -0.3 is 15.5 Å². The summed E-state index contributed by atoms with van der Waals surface area (Å²) in [7, 11) is 0. The lowest BCUT2D eigenvalue weighted by molar-refractivity contribution is -0.117. The molecule has 6 heteroatoms. The number of carbonyl (C=O) groups is 1. The van der Waals surface area contributed by atoms with E-state index in [0.29, 0.717) is 18.9 Å². The lowest BCUT2D eigenvalue weighted by Gasteiger charge is -2.19. The van der Waals surface area contributed by atoms with Gasteiger partial charge in [-0.05, 0) is 25.0 Å². The Kier molecular flexibility index (Phi) is 8.36. The van der Waals surface area contributed by atoms with Crippen LogP contribution in [0, 0.1) is 5.92 Å². The van der Waals surface area contributed by atoms with Gasteiger partial charge in [-0.25, -0.2) is 0 Å². The highest BCUT2D eigenvalue weighted by Gasteiger charge is 2.30. The van der Waals surface area contributed by atoms with Crippen LogP contribution in [0.25, 0.3) is 0 Å². The number of guanidine groups is 1. The first kappa shape index (κ1) is 19.7. The van der Waals surface area contributed by atoms with Gasteiger partial charge in [0, 0.05) is 31.7 Å². The fraction of sp³-hybridized carbons (Fsp3) is 0.529. The average Bonchev–Trinajstić information content (AvgIpc) is 2.86. The Hall–Kier alpha value is -1.31. The third-order valence-corrected chi connectivity index (χ3v) is 3.49. The SMILES string of the molecule is CCNC(=NCC(C)C)NC1CC(=O)N(c2ccccc2)C1.I. The molecule has 128 valence electrons. The zero-order valence-corrected chi connectivity index (χ0v) is 16.4. The minimum Gasteiger partial charge on any atom is -0.357 e. The summed E-state index contributed by atoms with van der Waals surface area (Å²) in [6.45, 7) is 8.59. The van der Waals surface area contributed by atoms with E-state index in [1.165, 1.54) is 0 Å². The second kappa shape index (κ2) is 9.75. The van der Waals surface area contributed by atoms with Crippen LogP contribution in [0.3, 0.4) is 0 Å². The second-order valence-electron chi connectivity index (χ2n) is 6.00. The maximum Gasteiger partial charge on any atom is 0.229 e. The van der Waals surface area contributed by atoms with Crippen LogP contribution in [0.1, 0.15) is 27.2 Å². The molecule has 0 radical (unpaired) electrons. The normalized spacial score (nSPS) is 18.1. The van der Waals surface area contributed by atoms with E-state index in [1.54, 1.807) is 0 Å². The molecule has 1 saturated heterocycles. The Labute approximate surface area is 156 Å². The van der Waals surface area contributed by atoms with Crippen molar-refractivity contribution in [2.75, 3.05) is 24.5 Å². The summed E-state index contributed by atoms with van der Waals surface area (Å²) in [5.74, 6) is 1.47. The third kappa shape index (κ3) is 6.01. The topological polar surface area (TPSA) is 56.7 Å². The molecular weight excluding hydrogens is 403 g/mol. The molecule has 0 aliphatic carbocycles. The number of hydrogen-bond donors (Lipinski definition) is 2. The van der Waals surface area contributed by atoms with Crippen molar-refractivity contribution in [3.05, 3.63) is 30.3 Å². The van der Waals surface area contributed by atoms with E-state index in [4.69, 9.17) is 0 Å². The summed E-state index contributed by atoms with van der Waals surface area (Å²) in [6.07, 6.45) is 0.501. The molecule has 1 heterocycles. The quantitative estimate of drug-likeness (QED) is 0.429. The first-order valence-corrected chi connectivity index (χ1v) is 8.00. The molecule has 23 heavy (non-hydrogen) atoms. The number of benzene rings is 1. The van der Waals surface area contributed by atoms with Crippen molar-refractivity contribution in [3.8, 4) is 0 Å². The van der Waals surface area contributed by atoms with E-state index in [9.17, 15) is 4.79 Å². The van der Waals surface area contributed by atoms with Gasteiger partial charge in [0.25, 0.3) is 0 Å². The molecule has 1 aliphatic heterocycles. The lowest BCUT2D eigenvalue weighted by Crippen LogP contribution is -2.44. The van der Waals surface area contributed by atoms with E-state index in [0.717, 1.165) is 24.7 Å². The number of nitrogens with one attached hydrogen (secondary N) is 2. The molecule has 0 bridgehead atoms. The largest absolute Gasteiger partial charge is 0.357 e. The van der Waals surface area contributed by atoms with Gasteiger partial charge in [-0.2, -0.15) is 0 Å². The molecule has 2 rings (SSSR count). The molecule has 1 aliphatic rings. The number of nitrogens with zero attached hydrogens (tertiary/aromatic N) is 2. The minimum absolute atomic E-state index is 0. The van der Waals surface area contributed by atoms with Crippen LogP contribution in [0.4, 0.5) is 5.69 Å². The fourth-order valence-corrected chi connectivity index (χ4v) is 2.45. The number of carbonyl (C=O) groups excluding carboxylic acids is 1. The van der Waals surface area contributed by atoms with E-state index in [1.807, 2.05) is 42.2 Å². The molecule has 0 aromatic heterocycles. The number of amides is 1. The number of aliphatic imine (C=N–C) groups is 1. The molecule has 1 aromatic carbocycles. The molecule has 1 unspecified atom stereocenters. The summed E-state index contributed by atoms with van der Waals surface area (Å²) in [4.78, 5) is 18.6. The van der Waals surface area contributed by atoms with Crippen LogP contribution in [-0.4, -0.2) is 37.5 Å². The summed E-state index contributed by atoms with van der Waals surface area (Å²) in [6, 6.07) is 9.91. The van der Waals surface area contributed by atoms with E-state index in [-0.39, 0.29) is 35.9 Å². The van der Waals surface area contributed by atoms with E-state index < -0.39 is 0 Å². The first-order valence-electron chi connectivity index (χ1n) is 8.00. The van der Waals surface area contributed by atoms with Gasteiger partial charge in [0.1, 0.15) is 0 Å². The molecule has 1 aromatic rings. The smallest absolute Gasteiger partial charge is 0.229 e. The highest BCUT2D eigenvalue weighted by Crippen LogP contribution is 2.20. The van der Waals surface area contributed by atoms with Crippen molar-refractivity contribution in [1.82, 2.24) is 10.6 Å². The maximum atomic E-state index is 12.2. The minimum atomic E-state index is 0. The molecule has 0 saturated carbocycles. The van der Waals surface area contributed by atoms with Crippen LogP contribution in [-0.2, 0) is 4.79 Å². The van der Waals surface area contributed by atoms with Crippen molar-refractivity contribution in [3.63, 3.8) is 0 Å². The Morgan fingerprint density at radius 2 is 2.04 bits per heavy atom. The highest BCUT2D eigenvalue weighted by molar-refractivity contribution is 14.0. The predicted octanol–water partition coefficient (Wildman–Crippen LogP) is 2.62. The van der Waals surface area contributed by atoms with Crippen LogP contribution in [0.15, 0.2) is 35.3 Å². The maximum absolute atomic E-state index is 12.2. The van der Waals surface area contributed by atoms with Crippen molar-refractivity contribution in [2.45, 2.75) is 33.2 Å². The Balaban J connectivity index is 0.00000264. The zero-order valence-electron chi connectivity index (χ0n) is 14.1. The number of para-hydroxylation sites is 1. The third-order valence-electron chi connectivity index (χ3n) is 3.49. The first-order chi connectivity index (χ1) is 10.6. The van der Waals surface area contributed by atoms with Crippen molar-refractivity contribution in [1.29, 1.82) is 0 Å². The second-order valence-corrected chi connectivity index (χ2v) is 6.00. The van der Waals surface area contributed by atoms with Gasteiger partial charge in [-0.3, -0.25) is 9.79 Å². The number of halogens is 1. The molecule has 2 N–H and O–H groups in total. The van der Waals surface area contributed by atoms with Crippen molar-refractivity contribution < 1.29 is 4.79 Å². The lowest BCUT2D eigenvalue weighted by atomic mass is 10.2. The Morgan fingerprint density at radius 3 is 2.65 bits per heavy atom. The fourth-order valence-electron chi connectivity index (χ4n) is 2.45. The van der Waals surface area contributed by atoms with Gasteiger partial charge >= 0.3 is 0 Å². The molecule has 5 nitrogen and oxygen atoms in total.